The molecule has 0 saturated carbocycles. The highest BCUT2D eigenvalue weighted by atomic mass is 16.5. The van der Waals surface area contributed by atoms with Gasteiger partial charge in [0.05, 0.1) is 5.41 Å². The van der Waals surface area contributed by atoms with E-state index in [1.807, 2.05) is 6.92 Å². The lowest BCUT2D eigenvalue weighted by Crippen LogP contribution is -2.30. The van der Waals surface area contributed by atoms with Crippen molar-refractivity contribution in [2.75, 3.05) is 6.61 Å². The number of hydrogen-bond acceptors (Lipinski definition) is 4. The van der Waals surface area contributed by atoms with Crippen LogP contribution in [0.25, 0.3) is 0 Å². The third-order valence-corrected chi connectivity index (χ3v) is 3.68. The molecule has 2 rings (SSSR count). The van der Waals surface area contributed by atoms with Crippen molar-refractivity contribution in [3.63, 3.8) is 0 Å². The van der Waals surface area contributed by atoms with Crippen LogP contribution in [-0.4, -0.2) is 22.8 Å². The fourth-order valence-corrected chi connectivity index (χ4v) is 2.27. The Kier molecular flexibility index (Phi) is 4.51. The molecule has 0 unspecified atom stereocenters. The van der Waals surface area contributed by atoms with Crippen LogP contribution in [0, 0.1) is 0 Å². The molecule has 0 spiro atoms. The lowest BCUT2D eigenvalue weighted by Gasteiger charge is -2.30. The van der Waals surface area contributed by atoms with Gasteiger partial charge in [-0.1, -0.05) is 30.8 Å². The zero-order chi connectivity index (χ0) is 16.2. The summed E-state index contributed by atoms with van der Waals surface area (Å²) in [7, 11) is 0. The first-order chi connectivity index (χ1) is 10.5. The Morgan fingerprint density at radius 1 is 1.05 bits per heavy atom. The van der Waals surface area contributed by atoms with E-state index in [1.165, 1.54) is 0 Å². The monoisotopic (exact) mass is 298 g/mol. The fraction of sp³-hybridized carbons (Fsp3) is 0.167. The van der Waals surface area contributed by atoms with E-state index in [1.54, 1.807) is 48.5 Å². The molecule has 114 valence electrons. The van der Waals surface area contributed by atoms with Crippen molar-refractivity contribution >= 4 is 5.97 Å². The second-order valence-electron chi connectivity index (χ2n) is 5.24. The van der Waals surface area contributed by atoms with E-state index in [9.17, 15) is 15.0 Å². The van der Waals surface area contributed by atoms with Crippen LogP contribution in [-0.2, 0) is 14.9 Å². The fourth-order valence-electron chi connectivity index (χ4n) is 2.27. The van der Waals surface area contributed by atoms with Crippen LogP contribution in [0.15, 0.2) is 61.2 Å². The topological polar surface area (TPSA) is 66.8 Å². The summed E-state index contributed by atoms with van der Waals surface area (Å²) in [4.78, 5) is 11.4. The molecule has 0 bridgehead atoms. The normalized spacial score (nSPS) is 11.0. The number of esters is 1. The van der Waals surface area contributed by atoms with E-state index < -0.39 is 11.4 Å². The van der Waals surface area contributed by atoms with Gasteiger partial charge in [-0.3, -0.25) is 0 Å². The SMILES string of the molecule is C=CC(=O)OCC(C)(c1ccc(O)cc1)c1ccc(O)cc1. The van der Waals surface area contributed by atoms with Gasteiger partial charge < -0.3 is 14.9 Å². The lowest BCUT2D eigenvalue weighted by molar-refractivity contribution is -0.139. The molecule has 4 heteroatoms. The van der Waals surface area contributed by atoms with Gasteiger partial charge in [0.25, 0.3) is 0 Å². The average Bonchev–Trinajstić information content (AvgIpc) is 2.53. The Balaban J connectivity index is 2.42. The number of hydrogen-bond donors (Lipinski definition) is 2. The van der Waals surface area contributed by atoms with Crippen LogP contribution >= 0.6 is 0 Å². The molecule has 0 atom stereocenters. The van der Waals surface area contributed by atoms with Crippen LogP contribution in [0.1, 0.15) is 18.1 Å². The number of aromatic hydroxyl groups is 2. The summed E-state index contributed by atoms with van der Waals surface area (Å²) < 4.78 is 5.24. The quantitative estimate of drug-likeness (QED) is 0.657. The zero-order valence-corrected chi connectivity index (χ0v) is 12.3. The van der Waals surface area contributed by atoms with Crippen LogP contribution in [0.4, 0.5) is 0 Å². The Bertz CT molecular complexity index is 611. The molecule has 0 aromatic heterocycles. The van der Waals surface area contributed by atoms with Gasteiger partial charge in [0, 0.05) is 6.08 Å². The molecule has 0 heterocycles. The molecule has 0 amide bonds. The van der Waals surface area contributed by atoms with Gasteiger partial charge in [-0.05, 0) is 42.3 Å². The highest BCUT2D eigenvalue weighted by molar-refractivity contribution is 5.81. The van der Waals surface area contributed by atoms with Gasteiger partial charge in [-0.25, -0.2) is 4.79 Å². The van der Waals surface area contributed by atoms with Crippen molar-refractivity contribution in [1.82, 2.24) is 0 Å². The van der Waals surface area contributed by atoms with Crippen LogP contribution in [0.2, 0.25) is 0 Å². The molecule has 0 saturated heterocycles. The second kappa shape index (κ2) is 6.35. The van der Waals surface area contributed by atoms with E-state index in [0.717, 1.165) is 17.2 Å². The largest absolute Gasteiger partial charge is 0.508 e. The molecule has 0 aliphatic heterocycles. The van der Waals surface area contributed by atoms with Crippen molar-refractivity contribution in [2.45, 2.75) is 12.3 Å². The molecule has 2 aromatic rings. The van der Waals surface area contributed by atoms with Crippen molar-refractivity contribution in [1.29, 1.82) is 0 Å². The number of carbonyl (C=O) groups is 1. The maximum Gasteiger partial charge on any atom is 0.330 e. The maximum absolute atomic E-state index is 11.4. The van der Waals surface area contributed by atoms with Crippen molar-refractivity contribution in [3.8, 4) is 11.5 Å². The predicted octanol–water partition coefficient (Wildman–Crippen LogP) is 3.13. The Morgan fingerprint density at radius 3 is 1.82 bits per heavy atom. The van der Waals surface area contributed by atoms with Crippen LogP contribution in [0.5, 0.6) is 11.5 Å². The average molecular weight is 298 g/mol. The number of phenols is 2. The molecule has 0 radical (unpaired) electrons. The first-order valence-electron chi connectivity index (χ1n) is 6.84. The first kappa shape index (κ1) is 15.6. The van der Waals surface area contributed by atoms with Crippen molar-refractivity contribution in [3.05, 3.63) is 72.3 Å². The summed E-state index contributed by atoms with van der Waals surface area (Å²) in [6, 6.07) is 13.5. The molecular formula is C18H18O4. The van der Waals surface area contributed by atoms with E-state index in [0.29, 0.717) is 0 Å². The third-order valence-electron chi connectivity index (χ3n) is 3.68. The summed E-state index contributed by atoms with van der Waals surface area (Å²) in [6.07, 6.45) is 1.12. The van der Waals surface area contributed by atoms with Gasteiger partial charge in [-0.15, -0.1) is 0 Å². The first-order valence-corrected chi connectivity index (χ1v) is 6.84. The van der Waals surface area contributed by atoms with Crippen LogP contribution < -0.4 is 0 Å². The van der Waals surface area contributed by atoms with Gasteiger partial charge in [0.1, 0.15) is 18.1 Å². The molecule has 2 N–H and O–H groups in total. The maximum atomic E-state index is 11.4. The summed E-state index contributed by atoms with van der Waals surface area (Å²) in [5.74, 6) is -0.163. The van der Waals surface area contributed by atoms with Gasteiger partial charge in [0.2, 0.25) is 0 Å². The minimum absolute atomic E-state index is 0.118. The van der Waals surface area contributed by atoms with E-state index in [4.69, 9.17) is 4.74 Å². The summed E-state index contributed by atoms with van der Waals surface area (Å²) in [5.41, 5.74) is 1.15. The minimum atomic E-state index is -0.611. The van der Waals surface area contributed by atoms with Gasteiger partial charge >= 0.3 is 5.97 Å². The smallest absolute Gasteiger partial charge is 0.330 e. The van der Waals surface area contributed by atoms with E-state index in [-0.39, 0.29) is 18.1 Å². The Hall–Kier alpha value is -2.75. The van der Waals surface area contributed by atoms with Gasteiger partial charge in [0.15, 0.2) is 0 Å². The number of phenolic OH excluding ortho intramolecular Hbond substituents is 2. The summed E-state index contributed by atoms with van der Waals surface area (Å²) >= 11 is 0. The minimum Gasteiger partial charge on any atom is -0.508 e. The van der Waals surface area contributed by atoms with E-state index in [2.05, 4.69) is 6.58 Å². The molecule has 2 aromatic carbocycles. The Labute approximate surface area is 129 Å². The summed E-state index contributed by atoms with van der Waals surface area (Å²) in [6.45, 7) is 5.44. The van der Waals surface area contributed by atoms with E-state index >= 15 is 0 Å². The van der Waals surface area contributed by atoms with Gasteiger partial charge in [-0.2, -0.15) is 0 Å². The zero-order valence-electron chi connectivity index (χ0n) is 12.3. The second-order valence-corrected chi connectivity index (χ2v) is 5.24. The Morgan fingerprint density at radius 2 is 1.45 bits per heavy atom. The molecule has 4 nitrogen and oxygen atoms in total. The lowest BCUT2D eigenvalue weighted by atomic mass is 9.77. The standard InChI is InChI=1S/C18H18O4/c1-3-17(21)22-12-18(2,13-4-8-15(19)9-5-13)14-6-10-16(20)11-7-14/h3-11,19-20H,1,12H2,2H3. The summed E-state index contributed by atoms with van der Waals surface area (Å²) in [5, 5.41) is 18.9. The number of benzene rings is 2. The highest BCUT2D eigenvalue weighted by Gasteiger charge is 2.30. The molecule has 0 aliphatic carbocycles. The molecule has 22 heavy (non-hydrogen) atoms. The third kappa shape index (κ3) is 3.28. The molecule has 0 fully saturated rings. The number of carbonyl (C=O) groups excluding carboxylic acids is 1. The van der Waals surface area contributed by atoms with Crippen LogP contribution in [0.3, 0.4) is 0 Å². The molecule has 0 aliphatic rings. The van der Waals surface area contributed by atoms with Crippen molar-refractivity contribution < 1.29 is 19.7 Å². The number of ether oxygens (including phenoxy) is 1. The highest BCUT2D eigenvalue weighted by Crippen LogP contribution is 2.34. The van der Waals surface area contributed by atoms with Crippen molar-refractivity contribution in [2.24, 2.45) is 0 Å². The predicted molar refractivity (Wildman–Crippen MR) is 83.8 cm³/mol. The molecular weight excluding hydrogens is 280 g/mol. The number of rotatable bonds is 5.